The Bertz CT molecular complexity index is 992. The summed E-state index contributed by atoms with van der Waals surface area (Å²) in [5.41, 5.74) is 2.73. The number of nitrogens with zero attached hydrogens (tertiary/aromatic N) is 1. The first-order valence-electron chi connectivity index (χ1n) is 9.30. The fourth-order valence-corrected chi connectivity index (χ4v) is 4.44. The second-order valence-corrected chi connectivity index (χ2v) is 8.70. The van der Waals surface area contributed by atoms with E-state index in [9.17, 15) is 9.18 Å². The van der Waals surface area contributed by atoms with Crippen molar-refractivity contribution in [3.8, 4) is 22.1 Å². The van der Waals surface area contributed by atoms with Gasteiger partial charge in [-0.05, 0) is 48.9 Å². The van der Waals surface area contributed by atoms with E-state index >= 15 is 0 Å². The minimum absolute atomic E-state index is 0.0382. The molecule has 1 aromatic heterocycles. The second kappa shape index (κ2) is 10.4. The van der Waals surface area contributed by atoms with Crippen LogP contribution < -0.4 is 14.8 Å². The Morgan fingerprint density at radius 2 is 1.90 bits per heavy atom. The molecule has 0 saturated carbocycles. The normalized spacial score (nSPS) is 11.7. The average Bonchev–Trinajstić information content (AvgIpc) is 3.25. The van der Waals surface area contributed by atoms with Crippen LogP contribution in [0.2, 0.25) is 0 Å². The largest absolute Gasteiger partial charge is 0.493 e. The monoisotopic (exact) mass is 446 g/mol. The molecule has 3 rings (SSSR count). The molecule has 0 aliphatic rings. The smallest absolute Gasteiger partial charge is 0.233 e. The summed E-state index contributed by atoms with van der Waals surface area (Å²) >= 11 is 3.04. The van der Waals surface area contributed by atoms with E-state index in [1.807, 2.05) is 30.5 Å². The van der Waals surface area contributed by atoms with Gasteiger partial charge in [0.15, 0.2) is 11.5 Å². The van der Waals surface area contributed by atoms with Crippen LogP contribution in [0.5, 0.6) is 11.5 Å². The number of nitrogens with one attached hydrogen (secondary N) is 1. The zero-order valence-electron chi connectivity index (χ0n) is 17.0. The van der Waals surface area contributed by atoms with Gasteiger partial charge in [0.1, 0.15) is 10.8 Å². The van der Waals surface area contributed by atoms with Gasteiger partial charge in [0.05, 0.1) is 25.2 Å². The molecule has 1 amide bonds. The van der Waals surface area contributed by atoms with Gasteiger partial charge in [-0.25, -0.2) is 9.37 Å². The van der Waals surface area contributed by atoms with Crippen LogP contribution in [-0.4, -0.2) is 30.4 Å². The third-order valence-electron chi connectivity index (χ3n) is 4.41. The fraction of sp³-hybridized carbons (Fsp3) is 0.273. The maximum atomic E-state index is 13.1. The summed E-state index contributed by atoms with van der Waals surface area (Å²) < 4.78 is 23.6. The van der Waals surface area contributed by atoms with Gasteiger partial charge < -0.3 is 14.8 Å². The highest BCUT2D eigenvalue weighted by molar-refractivity contribution is 7.99. The molecule has 0 fully saturated rings. The van der Waals surface area contributed by atoms with Gasteiger partial charge in [-0.15, -0.1) is 23.1 Å². The number of benzene rings is 2. The minimum Gasteiger partial charge on any atom is -0.493 e. The molecule has 30 heavy (non-hydrogen) atoms. The van der Waals surface area contributed by atoms with E-state index in [0.29, 0.717) is 23.8 Å². The molecule has 8 heteroatoms. The van der Waals surface area contributed by atoms with E-state index in [-0.39, 0.29) is 17.0 Å². The summed E-state index contributed by atoms with van der Waals surface area (Å²) in [5.74, 6) is 1.61. The Morgan fingerprint density at radius 1 is 1.17 bits per heavy atom. The minimum atomic E-state index is -0.265. The van der Waals surface area contributed by atoms with Crippen LogP contribution in [0.15, 0.2) is 47.8 Å². The number of thioether (sulfide) groups is 1. The summed E-state index contributed by atoms with van der Waals surface area (Å²) in [6.45, 7) is 2.29. The van der Waals surface area contributed by atoms with Crippen LogP contribution in [0.1, 0.15) is 18.2 Å². The standard InChI is InChI=1S/C22H23FN2O3S2/c1-14(21(26)24-11-15-4-9-19(27-2)20(10-15)28-3)29-12-18-13-30-22(25-18)16-5-7-17(23)8-6-16/h4-10,13-14H,11-12H2,1-3H3,(H,24,26). The lowest BCUT2D eigenvalue weighted by atomic mass is 10.2. The molecule has 0 saturated heterocycles. The molecular formula is C22H23FN2O3S2. The maximum Gasteiger partial charge on any atom is 0.233 e. The van der Waals surface area contributed by atoms with E-state index in [4.69, 9.17) is 9.47 Å². The quantitative estimate of drug-likeness (QED) is 0.506. The molecule has 0 bridgehead atoms. The van der Waals surface area contributed by atoms with Gasteiger partial charge >= 0.3 is 0 Å². The zero-order chi connectivity index (χ0) is 21.5. The zero-order valence-corrected chi connectivity index (χ0v) is 18.6. The Morgan fingerprint density at radius 3 is 2.60 bits per heavy atom. The molecule has 1 unspecified atom stereocenters. The highest BCUT2D eigenvalue weighted by Crippen LogP contribution is 2.28. The lowest BCUT2D eigenvalue weighted by molar-refractivity contribution is -0.120. The van der Waals surface area contributed by atoms with E-state index in [0.717, 1.165) is 21.8 Å². The van der Waals surface area contributed by atoms with Crippen molar-refractivity contribution in [2.24, 2.45) is 0 Å². The van der Waals surface area contributed by atoms with Crippen LogP contribution in [0.4, 0.5) is 4.39 Å². The number of amides is 1. The number of carbonyl (C=O) groups excluding carboxylic acids is 1. The Hall–Kier alpha value is -2.58. The molecule has 1 N–H and O–H groups in total. The molecule has 2 aromatic carbocycles. The summed E-state index contributed by atoms with van der Waals surface area (Å²) in [5, 5.41) is 5.55. The fourth-order valence-electron chi connectivity index (χ4n) is 2.71. The highest BCUT2D eigenvalue weighted by Gasteiger charge is 2.15. The molecule has 0 spiro atoms. The number of carbonyl (C=O) groups is 1. The summed E-state index contributed by atoms with van der Waals surface area (Å²) in [6.07, 6.45) is 0. The van der Waals surface area contributed by atoms with Crippen LogP contribution in [-0.2, 0) is 17.1 Å². The second-order valence-electron chi connectivity index (χ2n) is 6.51. The molecule has 0 radical (unpaired) electrons. The Labute approximate surface area is 183 Å². The van der Waals surface area contributed by atoms with Crippen LogP contribution in [0.3, 0.4) is 0 Å². The van der Waals surface area contributed by atoms with Crippen LogP contribution in [0.25, 0.3) is 10.6 Å². The molecule has 1 atom stereocenters. The number of methoxy groups -OCH3 is 2. The number of thiazole rings is 1. The topological polar surface area (TPSA) is 60.5 Å². The van der Waals surface area contributed by atoms with Gasteiger partial charge in [0, 0.05) is 23.2 Å². The van der Waals surface area contributed by atoms with Crippen LogP contribution in [0, 0.1) is 5.82 Å². The third kappa shape index (κ3) is 5.73. The van der Waals surface area contributed by atoms with Crippen molar-refractivity contribution in [2.45, 2.75) is 24.5 Å². The predicted molar refractivity (Wildman–Crippen MR) is 120 cm³/mol. The summed E-state index contributed by atoms with van der Waals surface area (Å²) in [6, 6.07) is 11.9. The maximum absolute atomic E-state index is 13.1. The molecule has 0 aliphatic carbocycles. The van der Waals surface area contributed by atoms with Crippen molar-refractivity contribution in [1.82, 2.24) is 10.3 Å². The molecule has 1 heterocycles. The molecule has 5 nitrogen and oxygen atoms in total. The summed E-state index contributed by atoms with van der Waals surface area (Å²) in [7, 11) is 3.17. The van der Waals surface area contributed by atoms with Crippen molar-refractivity contribution in [3.05, 3.63) is 64.9 Å². The van der Waals surface area contributed by atoms with Crippen molar-refractivity contribution in [2.75, 3.05) is 14.2 Å². The summed E-state index contributed by atoms with van der Waals surface area (Å²) in [4.78, 5) is 17.0. The van der Waals surface area contributed by atoms with Crippen molar-refractivity contribution < 1.29 is 18.7 Å². The lowest BCUT2D eigenvalue weighted by Crippen LogP contribution is -2.30. The number of hydrogen-bond acceptors (Lipinski definition) is 6. The first-order chi connectivity index (χ1) is 14.5. The number of hydrogen-bond donors (Lipinski definition) is 1. The van der Waals surface area contributed by atoms with Gasteiger partial charge in [0.2, 0.25) is 5.91 Å². The van der Waals surface area contributed by atoms with E-state index < -0.39 is 0 Å². The number of aromatic nitrogens is 1. The Kier molecular flexibility index (Phi) is 7.70. The van der Waals surface area contributed by atoms with Crippen LogP contribution >= 0.6 is 23.1 Å². The highest BCUT2D eigenvalue weighted by atomic mass is 32.2. The van der Waals surface area contributed by atoms with Crippen molar-refractivity contribution in [3.63, 3.8) is 0 Å². The van der Waals surface area contributed by atoms with Gasteiger partial charge in [-0.3, -0.25) is 4.79 Å². The predicted octanol–water partition coefficient (Wildman–Crippen LogP) is 4.90. The van der Waals surface area contributed by atoms with E-state index in [2.05, 4.69) is 10.3 Å². The molecular weight excluding hydrogens is 423 g/mol. The Balaban J connectivity index is 1.50. The van der Waals surface area contributed by atoms with Crippen molar-refractivity contribution >= 4 is 29.0 Å². The first kappa shape index (κ1) is 22.1. The van der Waals surface area contributed by atoms with Gasteiger partial charge in [-0.2, -0.15) is 0 Å². The number of halogens is 1. The van der Waals surface area contributed by atoms with Gasteiger partial charge in [0.25, 0.3) is 0 Å². The number of ether oxygens (including phenoxy) is 2. The molecule has 158 valence electrons. The lowest BCUT2D eigenvalue weighted by Gasteiger charge is -2.13. The SMILES string of the molecule is COc1ccc(CNC(=O)C(C)SCc2csc(-c3ccc(F)cc3)n2)cc1OC. The van der Waals surface area contributed by atoms with E-state index in [1.54, 1.807) is 26.4 Å². The molecule has 0 aliphatic heterocycles. The third-order valence-corrected chi connectivity index (χ3v) is 6.52. The number of rotatable bonds is 9. The van der Waals surface area contributed by atoms with E-state index in [1.165, 1.54) is 35.2 Å². The molecule has 3 aromatic rings. The van der Waals surface area contributed by atoms with Crippen molar-refractivity contribution in [1.29, 1.82) is 0 Å². The van der Waals surface area contributed by atoms with Gasteiger partial charge in [-0.1, -0.05) is 6.07 Å². The average molecular weight is 447 g/mol. The first-order valence-corrected chi connectivity index (χ1v) is 11.2.